The molecule has 144 valence electrons. The van der Waals surface area contributed by atoms with Gasteiger partial charge in [-0.2, -0.15) is 4.98 Å². The van der Waals surface area contributed by atoms with Crippen LogP contribution in [0.15, 0.2) is 34.9 Å². The van der Waals surface area contributed by atoms with Crippen LogP contribution in [0.2, 0.25) is 0 Å². The molecule has 0 saturated heterocycles. The Morgan fingerprint density at radius 2 is 2.00 bits per heavy atom. The number of nitrogens with zero attached hydrogens (tertiary/aromatic N) is 2. The number of aromatic nitrogens is 2. The fraction of sp³-hybridized carbons (Fsp3) is 0.476. The fourth-order valence-electron chi connectivity index (χ4n) is 3.40. The summed E-state index contributed by atoms with van der Waals surface area (Å²) in [5.41, 5.74) is 0.414. The number of rotatable bonds is 7. The number of carbonyl (C=O) groups is 1. The summed E-state index contributed by atoms with van der Waals surface area (Å²) in [6, 6.07) is 7.71. The second kappa shape index (κ2) is 8.84. The van der Waals surface area contributed by atoms with Gasteiger partial charge in [0.05, 0.1) is 6.61 Å². The van der Waals surface area contributed by atoms with Crippen molar-refractivity contribution in [1.82, 2.24) is 15.5 Å². The quantitative estimate of drug-likeness (QED) is 0.742. The van der Waals surface area contributed by atoms with Gasteiger partial charge in [0, 0.05) is 13.0 Å². The molecule has 1 aliphatic carbocycles. The minimum absolute atomic E-state index is 0.148. The number of carbonyl (C=O) groups excluding carboxylic acids is 1. The van der Waals surface area contributed by atoms with Crippen molar-refractivity contribution in [2.75, 3.05) is 6.61 Å². The summed E-state index contributed by atoms with van der Waals surface area (Å²) < 4.78 is 10.7. The Bertz CT molecular complexity index is 774. The van der Waals surface area contributed by atoms with Crippen LogP contribution in [-0.2, 0) is 10.3 Å². The highest BCUT2D eigenvalue weighted by Gasteiger charge is 2.39. The summed E-state index contributed by atoms with van der Waals surface area (Å²) in [6.45, 7) is 4.54. The van der Waals surface area contributed by atoms with E-state index in [0.29, 0.717) is 18.3 Å². The van der Waals surface area contributed by atoms with E-state index in [4.69, 9.17) is 9.26 Å². The minimum Gasteiger partial charge on any atom is -0.494 e. The van der Waals surface area contributed by atoms with Crippen LogP contribution in [0.4, 0.5) is 0 Å². The van der Waals surface area contributed by atoms with E-state index < -0.39 is 5.54 Å². The lowest BCUT2D eigenvalue weighted by Crippen LogP contribution is -2.47. The Hall–Kier alpha value is -2.63. The Morgan fingerprint density at radius 3 is 2.63 bits per heavy atom. The van der Waals surface area contributed by atoms with Gasteiger partial charge in [0.25, 0.3) is 0 Å². The van der Waals surface area contributed by atoms with E-state index in [-0.39, 0.29) is 5.91 Å². The van der Waals surface area contributed by atoms with Gasteiger partial charge >= 0.3 is 0 Å². The SMILES string of the molecule is CCCOc1ccc(/C=C/C(=O)NC2(c3noc(C)n3)CCCCC2)cc1. The topological polar surface area (TPSA) is 77.2 Å². The largest absolute Gasteiger partial charge is 0.494 e. The van der Waals surface area contributed by atoms with Gasteiger partial charge in [-0.1, -0.05) is 43.5 Å². The molecule has 0 atom stereocenters. The summed E-state index contributed by atoms with van der Waals surface area (Å²) in [7, 11) is 0. The molecule has 27 heavy (non-hydrogen) atoms. The average molecular weight is 369 g/mol. The van der Waals surface area contributed by atoms with Crippen LogP contribution in [0.25, 0.3) is 6.08 Å². The predicted octanol–water partition coefficient (Wildman–Crippen LogP) is 4.16. The monoisotopic (exact) mass is 369 g/mol. The highest BCUT2D eigenvalue weighted by Crippen LogP contribution is 2.35. The van der Waals surface area contributed by atoms with Crippen molar-refractivity contribution >= 4 is 12.0 Å². The number of nitrogens with one attached hydrogen (secondary N) is 1. The Kier molecular flexibility index (Phi) is 6.27. The van der Waals surface area contributed by atoms with E-state index >= 15 is 0 Å². The zero-order chi connectivity index (χ0) is 19.1. The fourth-order valence-corrected chi connectivity index (χ4v) is 3.40. The summed E-state index contributed by atoms with van der Waals surface area (Å²) in [5, 5.41) is 7.21. The molecule has 3 rings (SSSR count). The second-order valence-corrected chi connectivity index (χ2v) is 7.02. The van der Waals surface area contributed by atoms with Gasteiger partial charge in [-0.25, -0.2) is 0 Å². The first kappa shape index (κ1) is 19.1. The lowest BCUT2D eigenvalue weighted by atomic mass is 9.81. The van der Waals surface area contributed by atoms with E-state index in [1.165, 1.54) is 0 Å². The Balaban J connectivity index is 1.66. The highest BCUT2D eigenvalue weighted by molar-refractivity contribution is 5.92. The maximum Gasteiger partial charge on any atom is 0.244 e. The van der Waals surface area contributed by atoms with Gasteiger partial charge in [0.2, 0.25) is 11.8 Å². The molecule has 1 amide bonds. The lowest BCUT2D eigenvalue weighted by Gasteiger charge is -2.34. The second-order valence-electron chi connectivity index (χ2n) is 7.02. The van der Waals surface area contributed by atoms with Gasteiger partial charge < -0.3 is 14.6 Å². The summed E-state index contributed by atoms with van der Waals surface area (Å²) in [4.78, 5) is 17.0. The van der Waals surface area contributed by atoms with Crippen molar-refractivity contribution in [3.63, 3.8) is 0 Å². The van der Waals surface area contributed by atoms with Crippen LogP contribution in [0.1, 0.15) is 62.7 Å². The van der Waals surface area contributed by atoms with Crippen molar-refractivity contribution < 1.29 is 14.1 Å². The molecule has 1 aliphatic rings. The average Bonchev–Trinajstić information content (AvgIpc) is 3.13. The van der Waals surface area contributed by atoms with Crippen LogP contribution >= 0.6 is 0 Å². The van der Waals surface area contributed by atoms with E-state index in [1.54, 1.807) is 19.1 Å². The maximum absolute atomic E-state index is 12.6. The number of aryl methyl sites for hydroxylation is 1. The van der Waals surface area contributed by atoms with E-state index in [1.807, 2.05) is 24.3 Å². The summed E-state index contributed by atoms with van der Waals surface area (Å²) in [6.07, 6.45) is 9.24. The van der Waals surface area contributed by atoms with Crippen LogP contribution in [0.3, 0.4) is 0 Å². The van der Waals surface area contributed by atoms with Gasteiger partial charge in [-0.05, 0) is 43.0 Å². The van der Waals surface area contributed by atoms with Gasteiger partial charge in [-0.3, -0.25) is 4.79 Å². The maximum atomic E-state index is 12.6. The molecule has 0 radical (unpaired) electrons. The molecule has 1 heterocycles. The highest BCUT2D eigenvalue weighted by atomic mass is 16.5. The molecular weight excluding hydrogens is 342 g/mol. The van der Waals surface area contributed by atoms with Crippen LogP contribution in [0.5, 0.6) is 5.75 Å². The van der Waals surface area contributed by atoms with Gasteiger partial charge in [0.1, 0.15) is 11.3 Å². The van der Waals surface area contributed by atoms with Crippen molar-refractivity contribution in [2.24, 2.45) is 0 Å². The van der Waals surface area contributed by atoms with Crippen LogP contribution in [-0.4, -0.2) is 22.7 Å². The molecular formula is C21H27N3O3. The third-order valence-electron chi connectivity index (χ3n) is 4.81. The molecule has 2 aromatic rings. The molecule has 1 fully saturated rings. The first-order valence-electron chi connectivity index (χ1n) is 9.65. The molecule has 0 aliphatic heterocycles. The zero-order valence-electron chi connectivity index (χ0n) is 16.0. The van der Waals surface area contributed by atoms with E-state index in [0.717, 1.165) is 49.8 Å². The number of ether oxygens (including phenoxy) is 1. The molecule has 0 unspecified atom stereocenters. The molecule has 0 spiro atoms. The lowest BCUT2D eigenvalue weighted by molar-refractivity contribution is -0.119. The third-order valence-corrected chi connectivity index (χ3v) is 4.81. The van der Waals surface area contributed by atoms with Crippen LogP contribution < -0.4 is 10.1 Å². The van der Waals surface area contributed by atoms with Crippen molar-refractivity contribution in [2.45, 2.75) is 57.9 Å². The predicted molar refractivity (Wildman–Crippen MR) is 103 cm³/mol. The zero-order valence-corrected chi connectivity index (χ0v) is 16.0. The molecule has 1 saturated carbocycles. The first-order valence-corrected chi connectivity index (χ1v) is 9.65. The van der Waals surface area contributed by atoms with Crippen molar-refractivity contribution in [1.29, 1.82) is 0 Å². The van der Waals surface area contributed by atoms with Crippen molar-refractivity contribution in [3.8, 4) is 5.75 Å². The first-order chi connectivity index (χ1) is 13.1. The van der Waals surface area contributed by atoms with Crippen molar-refractivity contribution in [3.05, 3.63) is 47.6 Å². The van der Waals surface area contributed by atoms with E-state index in [2.05, 4.69) is 22.4 Å². The normalized spacial score (nSPS) is 16.4. The Labute approximate surface area is 160 Å². The number of hydrogen-bond acceptors (Lipinski definition) is 5. The molecule has 1 aromatic heterocycles. The van der Waals surface area contributed by atoms with Crippen LogP contribution in [0, 0.1) is 6.92 Å². The van der Waals surface area contributed by atoms with Gasteiger partial charge in [-0.15, -0.1) is 0 Å². The smallest absolute Gasteiger partial charge is 0.244 e. The summed E-state index contributed by atoms with van der Waals surface area (Å²) >= 11 is 0. The number of benzene rings is 1. The Morgan fingerprint density at radius 1 is 1.26 bits per heavy atom. The molecule has 6 heteroatoms. The summed E-state index contributed by atoms with van der Waals surface area (Å²) in [5.74, 6) is 1.79. The number of amides is 1. The molecule has 1 N–H and O–H groups in total. The molecule has 1 aromatic carbocycles. The standard InChI is InChI=1S/C21H27N3O3/c1-3-15-26-18-10-7-17(8-11-18)9-12-19(25)23-21(13-5-4-6-14-21)20-22-16(2)27-24-20/h7-12H,3-6,13-15H2,1-2H3,(H,23,25)/b12-9+. The van der Waals surface area contributed by atoms with Gasteiger partial charge in [0.15, 0.2) is 5.82 Å². The minimum atomic E-state index is -0.532. The van der Waals surface area contributed by atoms with E-state index in [9.17, 15) is 4.79 Å². The molecule has 6 nitrogen and oxygen atoms in total. The number of hydrogen-bond donors (Lipinski definition) is 1. The molecule has 0 bridgehead atoms. The third kappa shape index (κ3) is 4.96.